The smallest absolute Gasteiger partial charge is 0.251 e. The molecule has 2 N–H and O–H groups in total. The first-order chi connectivity index (χ1) is 18.7. The third kappa shape index (κ3) is 3.62. The van der Waals surface area contributed by atoms with E-state index in [0.717, 1.165) is 22.2 Å². The van der Waals surface area contributed by atoms with Gasteiger partial charge in [-0.2, -0.15) is 5.10 Å². The molecule has 3 aliphatic rings. The van der Waals surface area contributed by atoms with Gasteiger partial charge in [0.1, 0.15) is 23.3 Å². The van der Waals surface area contributed by atoms with Gasteiger partial charge in [0, 0.05) is 47.6 Å². The van der Waals surface area contributed by atoms with Gasteiger partial charge in [-0.05, 0) is 45.6 Å². The fourth-order valence-electron chi connectivity index (χ4n) is 6.34. The van der Waals surface area contributed by atoms with Gasteiger partial charge >= 0.3 is 0 Å². The van der Waals surface area contributed by atoms with Crippen LogP contribution in [0.1, 0.15) is 12.5 Å². The van der Waals surface area contributed by atoms with Crippen molar-refractivity contribution in [2.24, 2.45) is 0 Å². The van der Waals surface area contributed by atoms with E-state index in [1.165, 1.54) is 0 Å². The topological polar surface area (TPSA) is 89.6 Å². The summed E-state index contributed by atoms with van der Waals surface area (Å²) in [6.07, 6.45) is 1.39. The standard InChI is InChI=1S/C28H29ClFN7O2/c1-13-5-6-19-17(8-32-34-19)21(13)22-18(29)7-16-24(23(22)30)33-27-26-25(16)36-10-14(2)31-9-20(36)28(38)37(26)12-15(39-27)11-35(3)4/h5-8,14-15,20,31H,9-12H2,1-4H3,(H,32,34)/t14-,15-,20-/m1/s1. The third-order valence-corrected chi connectivity index (χ3v) is 8.32. The summed E-state index contributed by atoms with van der Waals surface area (Å²) in [5.74, 6) is -0.240. The van der Waals surface area contributed by atoms with Gasteiger partial charge in [0.25, 0.3) is 5.91 Å². The van der Waals surface area contributed by atoms with E-state index in [-0.39, 0.29) is 40.0 Å². The Hall–Kier alpha value is -3.47. The number of H-pyrrole nitrogens is 1. The fourth-order valence-corrected chi connectivity index (χ4v) is 6.62. The number of aryl methyl sites for hydroxylation is 1. The van der Waals surface area contributed by atoms with Crippen molar-refractivity contribution in [3.8, 4) is 17.0 Å². The summed E-state index contributed by atoms with van der Waals surface area (Å²) in [6.45, 7) is 6.09. The number of fused-ring (bicyclic) bond motifs is 5. The third-order valence-electron chi connectivity index (χ3n) is 8.02. The number of anilines is 2. The Morgan fingerprint density at radius 3 is 2.82 bits per heavy atom. The molecule has 0 radical (unpaired) electrons. The number of benzene rings is 2. The Bertz CT molecular complexity index is 1670. The van der Waals surface area contributed by atoms with Crippen LogP contribution in [0.2, 0.25) is 5.02 Å². The maximum Gasteiger partial charge on any atom is 0.251 e. The average molecular weight is 550 g/mol. The summed E-state index contributed by atoms with van der Waals surface area (Å²) >= 11 is 6.92. The lowest BCUT2D eigenvalue weighted by Crippen LogP contribution is -2.66. The van der Waals surface area contributed by atoms with Crippen molar-refractivity contribution < 1.29 is 13.9 Å². The lowest BCUT2D eigenvalue weighted by molar-refractivity contribution is -0.121. The van der Waals surface area contributed by atoms with E-state index in [1.54, 1.807) is 17.2 Å². The zero-order valence-corrected chi connectivity index (χ0v) is 22.9. The molecule has 0 aliphatic carbocycles. The lowest BCUT2D eigenvalue weighted by atomic mass is 9.93. The number of hydrogen-bond donors (Lipinski definition) is 2. The van der Waals surface area contributed by atoms with Crippen LogP contribution in [0.4, 0.5) is 15.8 Å². The van der Waals surface area contributed by atoms with Crippen LogP contribution in [-0.2, 0) is 4.79 Å². The molecular weight excluding hydrogens is 521 g/mol. The van der Waals surface area contributed by atoms with Crippen molar-refractivity contribution in [3.63, 3.8) is 0 Å². The molecule has 1 amide bonds. The van der Waals surface area contributed by atoms with Gasteiger partial charge in [0.2, 0.25) is 5.88 Å². The predicted molar refractivity (Wildman–Crippen MR) is 150 cm³/mol. The molecule has 3 atom stereocenters. The molecule has 0 spiro atoms. The van der Waals surface area contributed by atoms with E-state index < -0.39 is 11.9 Å². The molecule has 2 aromatic carbocycles. The van der Waals surface area contributed by atoms with Gasteiger partial charge in [0.05, 0.1) is 29.0 Å². The van der Waals surface area contributed by atoms with Gasteiger partial charge in [-0.3, -0.25) is 9.89 Å². The van der Waals surface area contributed by atoms with E-state index in [1.807, 2.05) is 38.1 Å². The SMILES string of the molecule is Cc1ccc2[nH]ncc2c1-c1c(Cl)cc2c3c4c(nc2c1F)O[C@H](CN(C)C)CN4C(=O)[C@H]1CN[C@H](C)CN31. The average Bonchev–Trinajstić information content (AvgIpc) is 3.36. The van der Waals surface area contributed by atoms with Crippen LogP contribution in [0.3, 0.4) is 0 Å². The number of piperazine rings is 1. The van der Waals surface area contributed by atoms with Crippen LogP contribution in [0.25, 0.3) is 32.9 Å². The predicted octanol–water partition coefficient (Wildman–Crippen LogP) is 3.71. The molecule has 1 fully saturated rings. The summed E-state index contributed by atoms with van der Waals surface area (Å²) in [7, 11) is 3.91. The molecule has 0 saturated carbocycles. The highest BCUT2D eigenvalue weighted by Crippen LogP contribution is 2.51. The number of halogens is 2. The summed E-state index contributed by atoms with van der Waals surface area (Å²) in [5, 5.41) is 12.2. The van der Waals surface area contributed by atoms with E-state index in [9.17, 15) is 4.79 Å². The molecule has 11 heteroatoms. The fraction of sp³-hybridized carbons (Fsp3) is 0.393. The minimum atomic E-state index is -0.519. The normalized spacial score (nSPS) is 22.4. The molecular formula is C28H29ClFN7O2. The number of rotatable bonds is 3. The van der Waals surface area contributed by atoms with Crippen LogP contribution in [0, 0.1) is 12.7 Å². The Balaban J connectivity index is 1.53. The molecule has 39 heavy (non-hydrogen) atoms. The summed E-state index contributed by atoms with van der Waals surface area (Å²) in [5.41, 5.74) is 4.15. The first-order valence-electron chi connectivity index (χ1n) is 13.1. The molecule has 0 unspecified atom stereocenters. The van der Waals surface area contributed by atoms with Crippen molar-refractivity contribution in [1.29, 1.82) is 0 Å². The number of carbonyl (C=O) groups is 1. The van der Waals surface area contributed by atoms with Crippen LogP contribution >= 0.6 is 11.6 Å². The first kappa shape index (κ1) is 24.6. The highest BCUT2D eigenvalue weighted by Gasteiger charge is 2.47. The van der Waals surface area contributed by atoms with E-state index >= 15 is 4.39 Å². The Morgan fingerprint density at radius 2 is 2.03 bits per heavy atom. The van der Waals surface area contributed by atoms with Crippen LogP contribution in [-0.4, -0.2) is 84.5 Å². The van der Waals surface area contributed by atoms with Gasteiger partial charge in [-0.25, -0.2) is 9.37 Å². The molecule has 7 rings (SSSR count). The van der Waals surface area contributed by atoms with Crippen molar-refractivity contribution in [2.45, 2.75) is 32.0 Å². The van der Waals surface area contributed by atoms with Crippen molar-refractivity contribution >= 4 is 50.7 Å². The second-order valence-corrected chi connectivity index (χ2v) is 11.5. The molecule has 3 aliphatic heterocycles. The number of nitrogens with one attached hydrogen (secondary N) is 2. The molecule has 5 heterocycles. The molecule has 2 aromatic heterocycles. The Kier molecular flexibility index (Phi) is 5.52. The quantitative estimate of drug-likeness (QED) is 0.403. The number of carbonyl (C=O) groups excluding carboxylic acids is 1. The second-order valence-electron chi connectivity index (χ2n) is 11.1. The Morgan fingerprint density at radius 1 is 1.21 bits per heavy atom. The van der Waals surface area contributed by atoms with Gasteiger partial charge in [0.15, 0.2) is 5.82 Å². The highest BCUT2D eigenvalue weighted by molar-refractivity contribution is 6.35. The maximum atomic E-state index is 16.8. The largest absolute Gasteiger partial charge is 0.470 e. The summed E-state index contributed by atoms with van der Waals surface area (Å²) in [6, 6.07) is 5.37. The zero-order chi connectivity index (χ0) is 27.2. The number of nitrogens with zero attached hydrogens (tertiary/aromatic N) is 5. The highest BCUT2D eigenvalue weighted by atomic mass is 35.5. The first-order valence-corrected chi connectivity index (χ1v) is 13.5. The van der Waals surface area contributed by atoms with E-state index in [2.05, 4.69) is 27.3 Å². The molecule has 9 nitrogen and oxygen atoms in total. The van der Waals surface area contributed by atoms with Crippen LogP contribution < -0.4 is 19.9 Å². The van der Waals surface area contributed by atoms with Crippen LogP contribution in [0.15, 0.2) is 24.4 Å². The van der Waals surface area contributed by atoms with Gasteiger partial charge < -0.3 is 24.8 Å². The summed E-state index contributed by atoms with van der Waals surface area (Å²) in [4.78, 5) is 24.4. The maximum absolute atomic E-state index is 16.8. The van der Waals surface area contributed by atoms with Gasteiger partial charge in [-0.1, -0.05) is 17.7 Å². The molecule has 202 valence electrons. The number of ether oxygens (including phenoxy) is 1. The number of aromatic amines is 1. The van der Waals surface area contributed by atoms with Crippen molar-refractivity contribution in [1.82, 2.24) is 25.4 Å². The number of hydrogen-bond acceptors (Lipinski definition) is 7. The second kappa shape index (κ2) is 8.77. The van der Waals surface area contributed by atoms with Crippen molar-refractivity contribution in [2.75, 3.05) is 50.1 Å². The van der Waals surface area contributed by atoms with Crippen LogP contribution in [0.5, 0.6) is 5.88 Å². The monoisotopic (exact) mass is 549 g/mol. The summed E-state index contributed by atoms with van der Waals surface area (Å²) < 4.78 is 23.1. The molecule has 4 aromatic rings. The molecule has 0 bridgehead atoms. The number of aromatic nitrogens is 3. The van der Waals surface area contributed by atoms with E-state index in [4.69, 9.17) is 21.3 Å². The minimum Gasteiger partial charge on any atom is -0.470 e. The molecule has 1 saturated heterocycles. The number of pyridine rings is 1. The minimum absolute atomic E-state index is 0.00167. The lowest BCUT2D eigenvalue weighted by Gasteiger charge is -2.49. The Labute approximate surface area is 229 Å². The van der Waals surface area contributed by atoms with Gasteiger partial charge in [-0.15, -0.1) is 0 Å². The number of amides is 1. The zero-order valence-electron chi connectivity index (χ0n) is 22.2. The van der Waals surface area contributed by atoms with E-state index in [0.29, 0.717) is 42.8 Å². The number of likely N-dealkylation sites (N-methyl/N-ethyl adjacent to an activating group) is 1. The van der Waals surface area contributed by atoms with Crippen molar-refractivity contribution in [3.05, 3.63) is 40.8 Å².